The Morgan fingerprint density at radius 3 is 2.41 bits per heavy atom. The molecule has 17 heavy (non-hydrogen) atoms. The lowest BCUT2D eigenvalue weighted by Gasteiger charge is -2.36. The summed E-state index contributed by atoms with van der Waals surface area (Å²) in [5, 5.41) is 0. The minimum absolute atomic E-state index is 0.532. The van der Waals surface area contributed by atoms with E-state index in [4.69, 9.17) is 10.5 Å². The molecule has 0 rings (SSSR count). The Kier molecular flexibility index (Phi) is 10.9. The summed E-state index contributed by atoms with van der Waals surface area (Å²) in [4.78, 5) is 2.61. The van der Waals surface area contributed by atoms with Crippen molar-refractivity contribution in [3.63, 3.8) is 0 Å². The van der Waals surface area contributed by atoms with Crippen molar-refractivity contribution in [2.24, 2.45) is 5.73 Å². The van der Waals surface area contributed by atoms with Gasteiger partial charge in [-0.05, 0) is 45.7 Å². The molecule has 0 bridgehead atoms. The Labute approximate surface area is 108 Å². The maximum atomic E-state index is 5.62. The minimum Gasteiger partial charge on any atom is -0.383 e. The molecule has 0 fully saturated rings. The van der Waals surface area contributed by atoms with Crippen LogP contribution in [0.5, 0.6) is 0 Å². The zero-order chi connectivity index (χ0) is 13.1. The van der Waals surface area contributed by atoms with Crippen LogP contribution in [0, 0.1) is 0 Å². The highest BCUT2D eigenvalue weighted by molar-refractivity contribution is 4.76. The van der Waals surface area contributed by atoms with Gasteiger partial charge in [0.1, 0.15) is 0 Å². The molecule has 0 heterocycles. The van der Waals surface area contributed by atoms with Crippen molar-refractivity contribution in [1.29, 1.82) is 0 Å². The monoisotopic (exact) mass is 244 g/mol. The van der Waals surface area contributed by atoms with E-state index in [1.165, 1.54) is 25.8 Å². The molecule has 104 valence electrons. The van der Waals surface area contributed by atoms with Gasteiger partial charge in [-0.15, -0.1) is 0 Å². The zero-order valence-corrected chi connectivity index (χ0v) is 12.2. The minimum atomic E-state index is 0.532. The zero-order valence-electron chi connectivity index (χ0n) is 12.2. The smallest absolute Gasteiger partial charge is 0.0618 e. The highest BCUT2D eigenvalue weighted by atomic mass is 16.5. The molecule has 2 atom stereocenters. The second-order valence-electron chi connectivity index (χ2n) is 4.89. The van der Waals surface area contributed by atoms with Crippen molar-refractivity contribution in [2.75, 3.05) is 26.8 Å². The van der Waals surface area contributed by atoms with Gasteiger partial charge in [-0.3, -0.25) is 4.90 Å². The summed E-state index contributed by atoms with van der Waals surface area (Å²) in [7, 11) is 1.80. The molecule has 3 heteroatoms. The maximum Gasteiger partial charge on any atom is 0.0618 e. The second-order valence-corrected chi connectivity index (χ2v) is 4.89. The molecule has 0 aromatic rings. The van der Waals surface area contributed by atoms with Crippen LogP contribution in [0.15, 0.2) is 0 Å². The van der Waals surface area contributed by atoms with E-state index in [-0.39, 0.29) is 0 Å². The highest BCUT2D eigenvalue weighted by Crippen LogP contribution is 2.15. The van der Waals surface area contributed by atoms with Crippen LogP contribution in [0.25, 0.3) is 0 Å². The first-order valence-corrected chi connectivity index (χ1v) is 7.15. The molecule has 0 saturated carbocycles. The maximum absolute atomic E-state index is 5.62. The summed E-state index contributed by atoms with van der Waals surface area (Å²) in [6, 6.07) is 1.17. The first kappa shape index (κ1) is 16.9. The van der Waals surface area contributed by atoms with Crippen molar-refractivity contribution >= 4 is 0 Å². The van der Waals surface area contributed by atoms with Crippen LogP contribution in [0.3, 0.4) is 0 Å². The van der Waals surface area contributed by atoms with Crippen molar-refractivity contribution in [2.45, 2.75) is 65.0 Å². The number of nitrogens with zero attached hydrogens (tertiary/aromatic N) is 1. The van der Waals surface area contributed by atoms with Gasteiger partial charge in [-0.25, -0.2) is 0 Å². The van der Waals surface area contributed by atoms with E-state index >= 15 is 0 Å². The van der Waals surface area contributed by atoms with Crippen molar-refractivity contribution in [1.82, 2.24) is 4.90 Å². The van der Waals surface area contributed by atoms with Crippen molar-refractivity contribution in [3.05, 3.63) is 0 Å². The molecule has 0 saturated heterocycles. The van der Waals surface area contributed by atoms with Gasteiger partial charge in [0.15, 0.2) is 0 Å². The number of ether oxygens (including phenoxy) is 1. The Hall–Kier alpha value is -0.120. The number of hydrogen-bond donors (Lipinski definition) is 1. The van der Waals surface area contributed by atoms with E-state index in [0.29, 0.717) is 12.1 Å². The average molecular weight is 244 g/mol. The van der Waals surface area contributed by atoms with Gasteiger partial charge < -0.3 is 10.5 Å². The predicted molar refractivity (Wildman–Crippen MR) is 75.3 cm³/mol. The fourth-order valence-corrected chi connectivity index (χ4v) is 2.23. The van der Waals surface area contributed by atoms with Gasteiger partial charge in [0, 0.05) is 19.2 Å². The lowest BCUT2D eigenvalue weighted by molar-refractivity contribution is 0.0571. The summed E-state index contributed by atoms with van der Waals surface area (Å²) in [6.45, 7) is 9.62. The predicted octanol–water partition coefficient (Wildman–Crippen LogP) is 2.64. The molecule has 2 N–H and O–H groups in total. The van der Waals surface area contributed by atoms with Gasteiger partial charge in [0.05, 0.1) is 6.61 Å². The Bertz CT molecular complexity index is 164. The number of nitrogens with two attached hydrogens (primary N) is 1. The molecule has 0 amide bonds. The standard InChI is InChI=1S/C14H32N2O/c1-5-7-11-16(13(3)6-2)14(12-17-4)9-8-10-15/h13-14H,5-12,15H2,1-4H3. The number of unbranched alkanes of at least 4 members (excludes halogenated alkanes) is 1. The van der Waals surface area contributed by atoms with E-state index in [0.717, 1.165) is 26.0 Å². The van der Waals surface area contributed by atoms with E-state index in [1.807, 2.05) is 0 Å². The Morgan fingerprint density at radius 1 is 1.24 bits per heavy atom. The largest absolute Gasteiger partial charge is 0.383 e. The van der Waals surface area contributed by atoms with Crippen molar-refractivity contribution in [3.8, 4) is 0 Å². The summed E-state index contributed by atoms with van der Waals surface area (Å²) in [5.74, 6) is 0. The summed E-state index contributed by atoms with van der Waals surface area (Å²) >= 11 is 0. The van der Waals surface area contributed by atoms with Crippen LogP contribution in [0.2, 0.25) is 0 Å². The third-order valence-corrected chi connectivity index (χ3v) is 3.50. The first-order valence-electron chi connectivity index (χ1n) is 7.15. The lowest BCUT2D eigenvalue weighted by Crippen LogP contribution is -2.44. The molecule has 0 aliphatic heterocycles. The fourth-order valence-electron chi connectivity index (χ4n) is 2.23. The van der Waals surface area contributed by atoms with Gasteiger partial charge in [-0.2, -0.15) is 0 Å². The van der Waals surface area contributed by atoms with E-state index in [2.05, 4.69) is 25.7 Å². The average Bonchev–Trinajstić information content (AvgIpc) is 2.35. The summed E-state index contributed by atoms with van der Waals surface area (Å²) < 4.78 is 5.37. The third kappa shape index (κ3) is 7.02. The van der Waals surface area contributed by atoms with Crippen LogP contribution in [0.4, 0.5) is 0 Å². The number of methoxy groups -OCH3 is 1. The second kappa shape index (κ2) is 11.0. The van der Waals surface area contributed by atoms with Crippen LogP contribution in [-0.4, -0.2) is 43.8 Å². The topological polar surface area (TPSA) is 38.5 Å². The molecular formula is C14H32N2O. The van der Waals surface area contributed by atoms with Gasteiger partial charge in [0.2, 0.25) is 0 Å². The molecular weight excluding hydrogens is 212 g/mol. The van der Waals surface area contributed by atoms with Crippen LogP contribution in [-0.2, 0) is 4.74 Å². The fraction of sp³-hybridized carbons (Fsp3) is 1.00. The third-order valence-electron chi connectivity index (χ3n) is 3.50. The molecule has 0 aromatic heterocycles. The van der Waals surface area contributed by atoms with Gasteiger partial charge in [-0.1, -0.05) is 20.3 Å². The van der Waals surface area contributed by atoms with Gasteiger partial charge >= 0.3 is 0 Å². The molecule has 0 radical (unpaired) electrons. The van der Waals surface area contributed by atoms with E-state index < -0.39 is 0 Å². The summed E-state index contributed by atoms with van der Waals surface area (Å²) in [5.41, 5.74) is 5.62. The van der Waals surface area contributed by atoms with E-state index in [9.17, 15) is 0 Å². The normalized spacial score (nSPS) is 15.2. The Morgan fingerprint density at radius 2 is 1.94 bits per heavy atom. The SMILES string of the molecule is CCCCN(C(C)CC)C(CCCN)COC. The molecule has 2 unspecified atom stereocenters. The number of rotatable bonds is 11. The van der Waals surface area contributed by atoms with Gasteiger partial charge in [0.25, 0.3) is 0 Å². The quantitative estimate of drug-likeness (QED) is 0.607. The first-order chi connectivity index (χ1) is 8.21. The summed E-state index contributed by atoms with van der Waals surface area (Å²) in [6.07, 6.45) is 5.97. The van der Waals surface area contributed by atoms with E-state index in [1.54, 1.807) is 7.11 Å². The molecule has 0 aliphatic carbocycles. The van der Waals surface area contributed by atoms with Crippen LogP contribution in [0.1, 0.15) is 52.9 Å². The molecule has 3 nitrogen and oxygen atoms in total. The molecule has 0 aliphatic rings. The lowest BCUT2D eigenvalue weighted by atomic mass is 10.1. The van der Waals surface area contributed by atoms with Crippen LogP contribution < -0.4 is 5.73 Å². The number of hydrogen-bond acceptors (Lipinski definition) is 3. The van der Waals surface area contributed by atoms with Crippen LogP contribution >= 0.6 is 0 Å². The highest BCUT2D eigenvalue weighted by Gasteiger charge is 2.21. The molecule has 0 spiro atoms. The molecule has 0 aromatic carbocycles. The van der Waals surface area contributed by atoms with Crippen molar-refractivity contribution < 1.29 is 4.74 Å². The Balaban J connectivity index is 4.42.